The van der Waals surface area contributed by atoms with Gasteiger partial charge in [0.25, 0.3) is 0 Å². The van der Waals surface area contributed by atoms with E-state index in [2.05, 4.69) is 53.4 Å². The molecule has 0 amide bonds. The molecule has 1 N–H and O–H groups in total. The Morgan fingerprint density at radius 1 is 1.48 bits per heavy atom. The van der Waals surface area contributed by atoms with E-state index in [-0.39, 0.29) is 5.60 Å². The first kappa shape index (κ1) is 15.9. The van der Waals surface area contributed by atoms with Crippen molar-refractivity contribution in [2.45, 2.75) is 37.8 Å². The number of hydrogen-bond acceptors (Lipinski definition) is 3. The number of nitrogens with one attached hydrogen (secondary N) is 1. The minimum Gasteiger partial charge on any atom is -0.374 e. The minimum atomic E-state index is 0.152. The summed E-state index contributed by atoms with van der Waals surface area (Å²) < 4.78 is 7.40. The van der Waals surface area contributed by atoms with Gasteiger partial charge < -0.3 is 10.1 Å². The van der Waals surface area contributed by atoms with Gasteiger partial charge in [-0.25, -0.2) is 0 Å². The molecule has 3 atom stereocenters. The van der Waals surface area contributed by atoms with Gasteiger partial charge in [-0.15, -0.1) is 0 Å². The molecular formula is C17H24BrNOS. The summed E-state index contributed by atoms with van der Waals surface area (Å²) in [5.41, 5.74) is 2.87. The maximum atomic E-state index is 6.18. The molecule has 2 aliphatic heterocycles. The number of halogens is 1. The lowest BCUT2D eigenvalue weighted by Gasteiger charge is -2.41. The molecule has 21 heavy (non-hydrogen) atoms. The van der Waals surface area contributed by atoms with Crippen molar-refractivity contribution < 1.29 is 4.74 Å². The molecule has 0 aliphatic carbocycles. The van der Waals surface area contributed by atoms with Crippen LogP contribution >= 0.6 is 27.7 Å². The Bertz CT molecular complexity index is 502. The van der Waals surface area contributed by atoms with Crippen LogP contribution in [0.25, 0.3) is 0 Å². The summed E-state index contributed by atoms with van der Waals surface area (Å²) in [6.07, 6.45) is 3.56. The van der Waals surface area contributed by atoms with Crippen molar-refractivity contribution in [2.24, 2.45) is 5.92 Å². The molecule has 2 nitrogen and oxygen atoms in total. The molecule has 3 unspecified atom stereocenters. The molecule has 2 saturated heterocycles. The molecule has 3 rings (SSSR count). The molecule has 2 heterocycles. The van der Waals surface area contributed by atoms with Crippen LogP contribution in [0.4, 0.5) is 0 Å². The molecule has 0 bridgehead atoms. The SMILES string of the molecule is CNC(c1cc(C)ccc1Br)C1CCOC2(CCSC2)C1. The molecule has 0 saturated carbocycles. The molecule has 4 heteroatoms. The highest BCUT2D eigenvalue weighted by molar-refractivity contribution is 9.10. The third kappa shape index (κ3) is 3.34. The van der Waals surface area contributed by atoms with Gasteiger partial charge in [0.2, 0.25) is 0 Å². The summed E-state index contributed by atoms with van der Waals surface area (Å²) in [6, 6.07) is 7.07. The zero-order valence-corrected chi connectivity index (χ0v) is 15.2. The molecule has 2 fully saturated rings. The van der Waals surface area contributed by atoms with Crippen LogP contribution in [0.1, 0.15) is 36.4 Å². The predicted octanol–water partition coefficient (Wildman–Crippen LogP) is 4.32. The fourth-order valence-electron chi connectivity index (χ4n) is 3.76. The molecule has 1 aromatic rings. The summed E-state index contributed by atoms with van der Waals surface area (Å²) in [6.45, 7) is 3.08. The fraction of sp³-hybridized carbons (Fsp3) is 0.647. The van der Waals surface area contributed by atoms with Gasteiger partial charge in [0.05, 0.1) is 5.60 Å². The quantitative estimate of drug-likeness (QED) is 0.856. The van der Waals surface area contributed by atoms with Crippen molar-refractivity contribution >= 4 is 27.7 Å². The second-order valence-electron chi connectivity index (χ2n) is 6.38. The third-order valence-electron chi connectivity index (χ3n) is 4.87. The van der Waals surface area contributed by atoms with E-state index >= 15 is 0 Å². The highest BCUT2D eigenvalue weighted by Crippen LogP contribution is 2.44. The van der Waals surface area contributed by atoms with Crippen LogP contribution in [0.2, 0.25) is 0 Å². The normalized spacial score (nSPS) is 30.7. The monoisotopic (exact) mass is 369 g/mol. The van der Waals surface area contributed by atoms with Crippen molar-refractivity contribution in [1.82, 2.24) is 5.32 Å². The van der Waals surface area contributed by atoms with Gasteiger partial charge in [-0.05, 0) is 56.5 Å². The average molecular weight is 370 g/mol. The van der Waals surface area contributed by atoms with Gasteiger partial charge in [-0.2, -0.15) is 11.8 Å². The second kappa shape index (κ2) is 6.61. The fourth-order valence-corrected chi connectivity index (χ4v) is 5.63. The van der Waals surface area contributed by atoms with Crippen molar-refractivity contribution in [1.29, 1.82) is 0 Å². The van der Waals surface area contributed by atoms with E-state index in [1.54, 1.807) is 0 Å². The van der Waals surface area contributed by atoms with Crippen LogP contribution in [0.3, 0.4) is 0 Å². The van der Waals surface area contributed by atoms with Crippen molar-refractivity contribution in [2.75, 3.05) is 25.2 Å². The first-order valence-electron chi connectivity index (χ1n) is 7.79. The zero-order chi connectivity index (χ0) is 14.9. The first-order valence-corrected chi connectivity index (χ1v) is 9.73. The molecule has 1 aromatic carbocycles. The largest absolute Gasteiger partial charge is 0.374 e. The summed E-state index contributed by atoms with van der Waals surface area (Å²) >= 11 is 5.79. The van der Waals surface area contributed by atoms with Gasteiger partial charge in [0.15, 0.2) is 0 Å². The molecule has 0 radical (unpaired) electrons. The standard InChI is InChI=1S/C17H24BrNOS/c1-12-3-4-15(18)14(9-12)16(19-2)13-5-7-20-17(10-13)6-8-21-11-17/h3-4,9,13,16,19H,5-8,10-11H2,1-2H3. The molecule has 116 valence electrons. The van der Waals surface area contributed by atoms with Crippen LogP contribution in [0, 0.1) is 12.8 Å². The van der Waals surface area contributed by atoms with Crippen LogP contribution < -0.4 is 5.32 Å². The molecule has 1 spiro atoms. The Labute approximate surface area is 140 Å². The smallest absolute Gasteiger partial charge is 0.0783 e. The Kier molecular flexibility index (Phi) is 4.99. The molecule has 2 aliphatic rings. The predicted molar refractivity (Wildman–Crippen MR) is 94.0 cm³/mol. The van der Waals surface area contributed by atoms with Crippen LogP contribution in [-0.4, -0.2) is 30.8 Å². The number of benzene rings is 1. The van der Waals surface area contributed by atoms with E-state index in [4.69, 9.17) is 4.74 Å². The lowest BCUT2D eigenvalue weighted by molar-refractivity contribution is -0.0851. The van der Waals surface area contributed by atoms with Gasteiger partial charge in [-0.3, -0.25) is 0 Å². The highest BCUT2D eigenvalue weighted by atomic mass is 79.9. The lowest BCUT2D eigenvalue weighted by atomic mass is 9.79. The topological polar surface area (TPSA) is 21.3 Å². The highest BCUT2D eigenvalue weighted by Gasteiger charge is 2.42. The maximum absolute atomic E-state index is 6.18. The van der Waals surface area contributed by atoms with Crippen LogP contribution in [0.5, 0.6) is 0 Å². The average Bonchev–Trinajstić information content (AvgIpc) is 2.91. The Morgan fingerprint density at radius 3 is 3.05 bits per heavy atom. The van der Waals surface area contributed by atoms with Crippen molar-refractivity contribution in [3.05, 3.63) is 33.8 Å². The maximum Gasteiger partial charge on any atom is 0.0783 e. The number of thioether (sulfide) groups is 1. The van der Waals surface area contributed by atoms with Crippen LogP contribution in [-0.2, 0) is 4.74 Å². The first-order chi connectivity index (χ1) is 10.1. The summed E-state index contributed by atoms with van der Waals surface area (Å²) in [5, 5.41) is 3.57. The Hall–Kier alpha value is -0.0300. The van der Waals surface area contributed by atoms with Gasteiger partial charge >= 0.3 is 0 Å². The van der Waals surface area contributed by atoms with Crippen molar-refractivity contribution in [3.63, 3.8) is 0 Å². The Balaban J connectivity index is 1.84. The summed E-state index contributed by atoms with van der Waals surface area (Å²) in [5.74, 6) is 3.08. The van der Waals surface area contributed by atoms with E-state index in [1.807, 2.05) is 11.8 Å². The van der Waals surface area contributed by atoms with Gasteiger partial charge in [0, 0.05) is 22.9 Å². The van der Waals surface area contributed by atoms with E-state index in [1.165, 1.54) is 39.9 Å². The van der Waals surface area contributed by atoms with Crippen LogP contribution in [0.15, 0.2) is 22.7 Å². The lowest BCUT2D eigenvalue weighted by Crippen LogP contribution is -2.43. The van der Waals surface area contributed by atoms with Crippen molar-refractivity contribution in [3.8, 4) is 0 Å². The van der Waals surface area contributed by atoms with Gasteiger partial charge in [-0.1, -0.05) is 33.6 Å². The van der Waals surface area contributed by atoms with E-state index in [0.717, 1.165) is 13.0 Å². The minimum absolute atomic E-state index is 0.152. The van der Waals surface area contributed by atoms with Gasteiger partial charge in [0.1, 0.15) is 0 Å². The number of ether oxygens (including phenoxy) is 1. The zero-order valence-electron chi connectivity index (χ0n) is 12.8. The Morgan fingerprint density at radius 2 is 2.33 bits per heavy atom. The van der Waals surface area contributed by atoms with E-state index in [0.29, 0.717) is 12.0 Å². The molecular weight excluding hydrogens is 346 g/mol. The number of aryl methyl sites for hydroxylation is 1. The summed E-state index contributed by atoms with van der Waals surface area (Å²) in [7, 11) is 2.09. The second-order valence-corrected chi connectivity index (χ2v) is 8.34. The summed E-state index contributed by atoms with van der Waals surface area (Å²) in [4.78, 5) is 0. The van der Waals surface area contributed by atoms with E-state index < -0.39 is 0 Å². The third-order valence-corrected chi connectivity index (χ3v) is 6.81. The number of hydrogen-bond donors (Lipinski definition) is 1. The number of rotatable bonds is 3. The molecule has 0 aromatic heterocycles. The van der Waals surface area contributed by atoms with E-state index in [9.17, 15) is 0 Å².